The average Bonchev–Trinajstić information content (AvgIpc) is 2.80. The van der Waals surface area contributed by atoms with Gasteiger partial charge in [0.15, 0.2) is 17.3 Å². The number of rotatable bonds is 7. The van der Waals surface area contributed by atoms with Gasteiger partial charge in [-0.15, -0.1) is 0 Å². The quantitative estimate of drug-likeness (QED) is 0.325. The Hall–Kier alpha value is -4.01. The molecule has 9 nitrogen and oxygen atoms in total. The fourth-order valence-electron chi connectivity index (χ4n) is 3.19. The van der Waals surface area contributed by atoms with E-state index in [1.165, 1.54) is 71.8 Å². The maximum absolute atomic E-state index is 12.9. The Balaban J connectivity index is 2.08. The molecule has 3 rings (SSSR count). The number of ether oxygens (including phenoxy) is 4. The van der Waals surface area contributed by atoms with Crippen molar-refractivity contribution in [2.24, 2.45) is 0 Å². The fourth-order valence-corrected chi connectivity index (χ4v) is 3.19. The molecule has 31 heavy (non-hydrogen) atoms. The van der Waals surface area contributed by atoms with E-state index < -0.39 is 5.78 Å². The first-order chi connectivity index (χ1) is 14.9. The van der Waals surface area contributed by atoms with E-state index in [2.05, 4.69) is 0 Å². The number of methoxy groups -OCH3 is 4. The van der Waals surface area contributed by atoms with Crippen molar-refractivity contribution in [3.8, 4) is 23.0 Å². The van der Waals surface area contributed by atoms with E-state index in [9.17, 15) is 14.9 Å². The molecule has 0 bridgehead atoms. The third-order valence-corrected chi connectivity index (χ3v) is 4.86. The predicted octanol–water partition coefficient (Wildman–Crippen LogP) is 3.14. The molecule has 1 heterocycles. The number of hydrogen-bond acceptors (Lipinski definition) is 7. The molecule has 2 aromatic carbocycles. The van der Waals surface area contributed by atoms with E-state index in [-0.39, 0.29) is 28.0 Å². The first-order valence-electron chi connectivity index (χ1n) is 9.22. The number of fused-ring (bicyclic) bond motifs is 1. The minimum absolute atomic E-state index is 0.0385. The van der Waals surface area contributed by atoms with Gasteiger partial charge in [-0.1, -0.05) is 0 Å². The Labute approximate surface area is 178 Å². The lowest BCUT2D eigenvalue weighted by Crippen LogP contribution is -2.24. The summed E-state index contributed by atoms with van der Waals surface area (Å²) in [5.74, 6) is 1.02. The molecule has 0 fully saturated rings. The lowest BCUT2D eigenvalue weighted by molar-refractivity contribution is -0.467. The number of hydrogen-bond donors (Lipinski definition) is 0. The van der Waals surface area contributed by atoms with Gasteiger partial charge < -0.3 is 28.9 Å². The molecule has 0 aliphatic heterocycles. The summed E-state index contributed by atoms with van der Waals surface area (Å²) in [6.45, 7) is 1.51. The zero-order valence-electron chi connectivity index (χ0n) is 17.8. The van der Waals surface area contributed by atoms with Gasteiger partial charge in [0.1, 0.15) is 11.3 Å². The lowest BCUT2D eigenvalue weighted by Gasteiger charge is -2.16. The zero-order valence-corrected chi connectivity index (χ0v) is 17.8. The lowest BCUT2D eigenvalue weighted by atomic mass is 10.1. The van der Waals surface area contributed by atoms with E-state index in [4.69, 9.17) is 18.9 Å². The normalized spacial score (nSPS) is 11.0. The highest BCUT2D eigenvalue weighted by molar-refractivity contribution is 6.07. The Bertz CT molecular complexity index is 1220. The van der Waals surface area contributed by atoms with Crippen molar-refractivity contribution in [2.45, 2.75) is 6.92 Å². The van der Waals surface area contributed by atoms with Crippen LogP contribution in [0.1, 0.15) is 21.7 Å². The molecule has 0 saturated carbocycles. The Morgan fingerprint density at radius 2 is 1.65 bits per heavy atom. The monoisotopic (exact) mass is 426 g/mol. The molecule has 3 aromatic rings. The van der Waals surface area contributed by atoms with Crippen molar-refractivity contribution in [1.82, 2.24) is 4.73 Å². The molecular weight excluding hydrogens is 404 g/mol. The van der Waals surface area contributed by atoms with Crippen molar-refractivity contribution >= 4 is 22.9 Å². The Morgan fingerprint density at radius 1 is 1.00 bits per heavy atom. The van der Waals surface area contributed by atoms with E-state index in [0.29, 0.717) is 32.2 Å². The molecule has 0 aliphatic carbocycles. The topological polar surface area (TPSA) is 105 Å². The molecule has 0 atom stereocenters. The van der Waals surface area contributed by atoms with E-state index >= 15 is 0 Å². The van der Waals surface area contributed by atoms with Gasteiger partial charge in [-0.25, -0.2) is 0 Å². The van der Waals surface area contributed by atoms with Gasteiger partial charge in [0.05, 0.1) is 44.6 Å². The molecule has 0 N–H and O–H groups in total. The van der Waals surface area contributed by atoms with Crippen LogP contribution in [0.15, 0.2) is 36.4 Å². The van der Waals surface area contributed by atoms with Gasteiger partial charge in [0, 0.05) is 16.5 Å². The van der Waals surface area contributed by atoms with Crippen LogP contribution in [0.5, 0.6) is 23.0 Å². The van der Waals surface area contributed by atoms with Crippen LogP contribution in [0.3, 0.4) is 0 Å². The highest BCUT2D eigenvalue weighted by Gasteiger charge is 2.20. The first-order valence-corrected chi connectivity index (χ1v) is 9.22. The number of nitrogens with zero attached hydrogens (tertiary/aromatic N) is 2. The highest BCUT2D eigenvalue weighted by Crippen LogP contribution is 2.38. The maximum Gasteiger partial charge on any atom is 0.290 e. The average molecular weight is 426 g/mol. The SMILES string of the molecule is COc1ccc2c(c1)[n+](=O)c(/C=C/C(=O)c1cc(OC)c(OC)c(OC)c1)c(C)n2[O-]. The molecule has 9 heteroatoms. The second kappa shape index (κ2) is 8.78. The van der Waals surface area contributed by atoms with E-state index in [1.54, 1.807) is 6.07 Å². The third-order valence-electron chi connectivity index (χ3n) is 4.86. The van der Waals surface area contributed by atoms with Crippen LogP contribution in [-0.2, 0) is 0 Å². The van der Waals surface area contributed by atoms with Crippen molar-refractivity contribution in [1.29, 1.82) is 0 Å². The molecule has 0 spiro atoms. The smallest absolute Gasteiger partial charge is 0.290 e. The molecular formula is C22H22N2O7. The van der Waals surface area contributed by atoms with Crippen LogP contribution in [0.2, 0.25) is 0 Å². The standard InChI is InChI=1S/C22H22N2O7/c1-13-16(24(27)18-12-15(28-2)6-7-17(18)23(13)26)8-9-19(25)14-10-20(29-3)22(31-5)21(11-14)30-4/h6-12H,1-5H3/b9-8+. The van der Waals surface area contributed by atoms with Crippen molar-refractivity contribution < 1.29 is 28.2 Å². The predicted molar refractivity (Wildman–Crippen MR) is 115 cm³/mol. The van der Waals surface area contributed by atoms with Gasteiger partial charge in [-0.3, -0.25) is 4.79 Å². The molecule has 0 saturated heterocycles. The second-order valence-electron chi connectivity index (χ2n) is 6.53. The number of allylic oxidation sites excluding steroid dienone is 1. The van der Waals surface area contributed by atoms with Gasteiger partial charge >= 0.3 is 0 Å². The molecule has 162 valence electrons. The van der Waals surface area contributed by atoms with Gasteiger partial charge in [0.25, 0.3) is 11.2 Å². The summed E-state index contributed by atoms with van der Waals surface area (Å²) < 4.78 is 22.2. The minimum Gasteiger partial charge on any atom is -0.805 e. The number of benzene rings is 2. The summed E-state index contributed by atoms with van der Waals surface area (Å²) in [7, 11) is 5.82. The summed E-state index contributed by atoms with van der Waals surface area (Å²) >= 11 is 0. The van der Waals surface area contributed by atoms with Crippen molar-refractivity contribution in [3.05, 3.63) is 63.5 Å². The molecule has 0 amide bonds. The summed E-state index contributed by atoms with van der Waals surface area (Å²) in [5, 5.41) is 12.6. The second-order valence-corrected chi connectivity index (χ2v) is 6.53. The van der Waals surface area contributed by atoms with E-state index in [0.717, 1.165) is 0 Å². The van der Waals surface area contributed by atoms with Gasteiger partial charge in [-0.05, 0) is 37.3 Å². The third kappa shape index (κ3) is 3.89. The summed E-state index contributed by atoms with van der Waals surface area (Å²) in [6, 6.07) is 7.58. The number of carbonyl (C=O) groups excluding carboxylic acids is 1. The minimum atomic E-state index is -0.415. The van der Waals surface area contributed by atoms with Crippen LogP contribution in [0.25, 0.3) is 17.1 Å². The van der Waals surface area contributed by atoms with Crippen molar-refractivity contribution in [3.63, 3.8) is 0 Å². The largest absolute Gasteiger partial charge is 0.805 e. The summed E-state index contributed by atoms with van der Waals surface area (Å²) in [6.07, 6.45) is 2.52. The Morgan fingerprint density at radius 3 is 2.19 bits per heavy atom. The van der Waals surface area contributed by atoms with Crippen molar-refractivity contribution in [2.75, 3.05) is 28.4 Å². The summed E-state index contributed by atoms with van der Waals surface area (Å²) in [5.41, 5.74) is 0.776. The zero-order chi connectivity index (χ0) is 22.7. The van der Waals surface area contributed by atoms with Crippen LogP contribution < -0.4 is 23.4 Å². The first kappa shape index (κ1) is 21.7. The van der Waals surface area contributed by atoms with Gasteiger partial charge in [0.2, 0.25) is 5.75 Å². The van der Waals surface area contributed by atoms with Gasteiger partial charge in [-0.2, -0.15) is 0 Å². The fraction of sp³-hybridized carbons (Fsp3) is 0.227. The highest BCUT2D eigenvalue weighted by atomic mass is 16.5. The Kier molecular flexibility index (Phi) is 6.15. The maximum atomic E-state index is 12.9. The number of ketones is 1. The van der Waals surface area contributed by atoms with Crippen LogP contribution in [-0.4, -0.2) is 39.0 Å². The molecule has 0 unspecified atom stereocenters. The molecule has 1 aromatic heterocycles. The van der Waals surface area contributed by atoms with E-state index in [1.807, 2.05) is 0 Å². The molecule has 0 aliphatic rings. The number of aromatic nitrogens is 2. The number of carbonyl (C=O) groups is 1. The van der Waals surface area contributed by atoms with Crippen LogP contribution >= 0.6 is 0 Å². The summed E-state index contributed by atoms with van der Waals surface area (Å²) in [4.78, 5) is 25.7. The van der Waals surface area contributed by atoms with Crippen LogP contribution in [0, 0.1) is 17.0 Å². The van der Waals surface area contributed by atoms with Crippen LogP contribution in [0.4, 0.5) is 0 Å². The molecule has 0 radical (unpaired) electrons.